The summed E-state index contributed by atoms with van der Waals surface area (Å²) in [7, 11) is 2.91. The molecule has 0 aliphatic rings. The Morgan fingerprint density at radius 3 is 2.45 bits per heavy atom. The topological polar surface area (TPSA) is 112 Å². The number of aromatic nitrogens is 3. The lowest BCUT2D eigenvalue weighted by atomic mass is 10.1. The van der Waals surface area contributed by atoms with Gasteiger partial charge < -0.3 is 9.67 Å². The molecular formula is C21H17BrN4O5. The minimum atomic E-state index is -0.544. The molecule has 0 aliphatic heterocycles. The largest absolute Gasteiger partial charge is 0.506 e. The fraction of sp³-hybridized carbons (Fsp3) is 0.143. The predicted octanol–water partition coefficient (Wildman–Crippen LogP) is 3.38. The van der Waals surface area contributed by atoms with Crippen molar-refractivity contribution in [2.24, 2.45) is 14.1 Å². The maximum atomic E-state index is 13.1. The second-order valence-electron chi connectivity index (χ2n) is 7.23. The number of nitro benzene ring substituents is 1. The van der Waals surface area contributed by atoms with Crippen LogP contribution in [0.5, 0.6) is 5.75 Å². The molecule has 2 aromatic heterocycles. The highest BCUT2D eigenvalue weighted by molar-refractivity contribution is 9.10. The molecule has 0 bridgehead atoms. The summed E-state index contributed by atoms with van der Waals surface area (Å²) in [5, 5.41) is 22.2. The fourth-order valence-corrected chi connectivity index (χ4v) is 4.06. The fourth-order valence-electron chi connectivity index (χ4n) is 3.63. The maximum Gasteiger partial charge on any atom is 0.330 e. The summed E-state index contributed by atoms with van der Waals surface area (Å²) < 4.78 is 4.41. The van der Waals surface area contributed by atoms with Crippen molar-refractivity contribution >= 4 is 32.5 Å². The molecule has 2 aromatic carbocycles. The molecule has 0 atom stereocenters. The van der Waals surface area contributed by atoms with Gasteiger partial charge in [-0.2, -0.15) is 0 Å². The quantitative estimate of drug-likeness (QED) is 0.353. The highest BCUT2D eigenvalue weighted by Crippen LogP contribution is 2.39. The summed E-state index contributed by atoms with van der Waals surface area (Å²) in [5.41, 5.74) is 1.06. The Bertz CT molecular complexity index is 1510. The number of nitro groups is 1. The number of fused-ring (bicyclic) bond motifs is 1. The summed E-state index contributed by atoms with van der Waals surface area (Å²) in [6.45, 7) is 1.85. The molecule has 10 heteroatoms. The molecule has 9 nitrogen and oxygen atoms in total. The Morgan fingerprint density at radius 1 is 1.06 bits per heavy atom. The monoisotopic (exact) mass is 484 g/mol. The lowest BCUT2D eigenvalue weighted by molar-refractivity contribution is -0.384. The summed E-state index contributed by atoms with van der Waals surface area (Å²) in [5.74, 6) is -0.0458. The number of phenolic OH excluding ortho intramolecular Hbond substituents is 1. The molecule has 0 saturated heterocycles. The minimum absolute atomic E-state index is 0.0458. The summed E-state index contributed by atoms with van der Waals surface area (Å²) in [6, 6.07) is 9.22. The van der Waals surface area contributed by atoms with Crippen LogP contribution >= 0.6 is 15.9 Å². The highest BCUT2D eigenvalue weighted by Gasteiger charge is 2.24. The van der Waals surface area contributed by atoms with Gasteiger partial charge in [0.25, 0.3) is 11.2 Å². The first-order valence-corrected chi connectivity index (χ1v) is 9.96. The van der Waals surface area contributed by atoms with Gasteiger partial charge in [-0.1, -0.05) is 22.0 Å². The molecule has 4 aromatic rings. The van der Waals surface area contributed by atoms with Crippen LogP contribution in [0, 0.1) is 17.0 Å². The Morgan fingerprint density at radius 2 is 1.77 bits per heavy atom. The zero-order valence-electron chi connectivity index (χ0n) is 16.8. The van der Waals surface area contributed by atoms with Crippen LogP contribution in [0.15, 0.2) is 56.7 Å². The summed E-state index contributed by atoms with van der Waals surface area (Å²) in [4.78, 5) is 36.5. The molecule has 4 rings (SSSR count). The molecule has 0 saturated carbocycles. The Hall–Kier alpha value is -3.66. The molecule has 0 radical (unpaired) electrons. The van der Waals surface area contributed by atoms with Crippen LogP contribution in [0.2, 0.25) is 0 Å². The minimum Gasteiger partial charge on any atom is -0.506 e. The first-order chi connectivity index (χ1) is 14.6. The Labute approximate surface area is 183 Å². The molecule has 31 heavy (non-hydrogen) atoms. The Kier molecular flexibility index (Phi) is 4.81. The van der Waals surface area contributed by atoms with Crippen LogP contribution in [0.1, 0.15) is 5.56 Å². The zero-order valence-corrected chi connectivity index (χ0v) is 18.4. The smallest absolute Gasteiger partial charge is 0.330 e. The van der Waals surface area contributed by atoms with Gasteiger partial charge in [0, 0.05) is 42.5 Å². The summed E-state index contributed by atoms with van der Waals surface area (Å²) >= 11 is 3.43. The van der Waals surface area contributed by atoms with Gasteiger partial charge in [-0.3, -0.25) is 24.0 Å². The van der Waals surface area contributed by atoms with Crippen molar-refractivity contribution in [2.45, 2.75) is 6.92 Å². The van der Waals surface area contributed by atoms with E-state index in [0.29, 0.717) is 26.9 Å². The van der Waals surface area contributed by atoms with Gasteiger partial charge in [-0.15, -0.1) is 0 Å². The normalized spacial score (nSPS) is 11.2. The van der Waals surface area contributed by atoms with Gasteiger partial charge in [0.05, 0.1) is 27.2 Å². The van der Waals surface area contributed by atoms with Crippen molar-refractivity contribution in [3.8, 4) is 22.7 Å². The number of hydrogen-bond donors (Lipinski definition) is 1. The maximum absolute atomic E-state index is 13.1. The predicted molar refractivity (Wildman–Crippen MR) is 120 cm³/mol. The van der Waals surface area contributed by atoms with Gasteiger partial charge in [-0.25, -0.2) is 4.79 Å². The number of benzene rings is 2. The van der Waals surface area contributed by atoms with Crippen LogP contribution < -0.4 is 11.2 Å². The number of hydrogen-bond acceptors (Lipinski definition) is 5. The average molecular weight is 485 g/mol. The number of phenols is 1. The number of aryl methyl sites for hydroxylation is 2. The van der Waals surface area contributed by atoms with Crippen LogP contribution in [0.25, 0.3) is 27.8 Å². The van der Waals surface area contributed by atoms with E-state index in [0.717, 1.165) is 10.1 Å². The van der Waals surface area contributed by atoms with E-state index in [2.05, 4.69) is 15.9 Å². The van der Waals surface area contributed by atoms with Gasteiger partial charge >= 0.3 is 5.69 Å². The summed E-state index contributed by atoms with van der Waals surface area (Å²) in [6.07, 6.45) is 1.58. The number of non-ortho nitro benzene ring substituents is 1. The SMILES string of the molecule is Cc1ccc(O)c(-n2cc3c(c2-c2cc([N+](=O)[O-])ccc2Br)c(=O)n(C)c(=O)n3C)c1. The first-order valence-electron chi connectivity index (χ1n) is 9.17. The lowest BCUT2D eigenvalue weighted by Gasteiger charge is -2.13. The van der Waals surface area contributed by atoms with E-state index in [1.165, 1.54) is 42.9 Å². The Balaban J connectivity index is 2.27. The van der Waals surface area contributed by atoms with Crippen molar-refractivity contribution in [3.63, 3.8) is 0 Å². The van der Waals surface area contributed by atoms with Gasteiger partial charge in [0.2, 0.25) is 0 Å². The molecule has 0 aliphatic carbocycles. The van der Waals surface area contributed by atoms with Crippen LogP contribution in [0.3, 0.4) is 0 Å². The molecule has 158 valence electrons. The third-order valence-electron chi connectivity index (χ3n) is 5.25. The lowest BCUT2D eigenvalue weighted by Crippen LogP contribution is -2.36. The molecule has 0 amide bonds. The van der Waals surface area contributed by atoms with E-state index < -0.39 is 16.2 Å². The first kappa shape index (κ1) is 20.6. The average Bonchev–Trinajstić information content (AvgIpc) is 3.13. The van der Waals surface area contributed by atoms with E-state index in [1.807, 2.05) is 6.92 Å². The van der Waals surface area contributed by atoms with E-state index in [4.69, 9.17) is 0 Å². The van der Waals surface area contributed by atoms with Crippen molar-refractivity contribution in [2.75, 3.05) is 0 Å². The third-order valence-corrected chi connectivity index (χ3v) is 5.94. The number of aromatic hydroxyl groups is 1. The molecule has 2 heterocycles. The highest BCUT2D eigenvalue weighted by atomic mass is 79.9. The number of halogens is 1. The third kappa shape index (κ3) is 3.15. The zero-order chi connectivity index (χ0) is 22.6. The molecule has 0 spiro atoms. The van der Waals surface area contributed by atoms with Gasteiger partial charge in [0.15, 0.2) is 0 Å². The van der Waals surface area contributed by atoms with E-state index in [-0.39, 0.29) is 16.8 Å². The molecular weight excluding hydrogens is 468 g/mol. The second-order valence-corrected chi connectivity index (χ2v) is 8.08. The van der Waals surface area contributed by atoms with E-state index >= 15 is 0 Å². The van der Waals surface area contributed by atoms with E-state index in [9.17, 15) is 24.8 Å². The molecule has 0 unspecified atom stereocenters. The van der Waals surface area contributed by atoms with Gasteiger partial charge in [0.1, 0.15) is 5.75 Å². The number of rotatable bonds is 3. The molecule has 0 fully saturated rings. The van der Waals surface area contributed by atoms with Crippen LogP contribution in [-0.4, -0.2) is 23.7 Å². The van der Waals surface area contributed by atoms with Crippen LogP contribution in [-0.2, 0) is 14.1 Å². The molecule has 1 N–H and O–H groups in total. The van der Waals surface area contributed by atoms with Crippen LogP contribution in [0.4, 0.5) is 5.69 Å². The standard InChI is InChI=1S/C21H17BrN4O5/c1-11-4-7-17(27)15(8-11)25-10-16-18(20(28)24(3)21(29)23(16)2)19(25)13-9-12(26(30)31)5-6-14(13)22/h4-10,27H,1-3H3. The van der Waals surface area contributed by atoms with Gasteiger partial charge in [-0.05, 0) is 30.7 Å². The van der Waals surface area contributed by atoms with Crippen molar-refractivity contribution < 1.29 is 10.0 Å². The van der Waals surface area contributed by atoms with Crippen molar-refractivity contribution in [1.29, 1.82) is 0 Å². The van der Waals surface area contributed by atoms with Crippen molar-refractivity contribution in [3.05, 3.63) is 83.6 Å². The second kappa shape index (κ2) is 7.24. The van der Waals surface area contributed by atoms with E-state index in [1.54, 1.807) is 22.9 Å². The number of nitrogens with zero attached hydrogens (tertiary/aromatic N) is 4. The van der Waals surface area contributed by atoms with Crippen molar-refractivity contribution in [1.82, 2.24) is 13.7 Å².